The summed E-state index contributed by atoms with van der Waals surface area (Å²) in [6.45, 7) is 3.85. The molecule has 0 aliphatic carbocycles. The fourth-order valence-corrected chi connectivity index (χ4v) is 2.20. The van der Waals surface area contributed by atoms with Gasteiger partial charge in [-0.25, -0.2) is 0 Å². The van der Waals surface area contributed by atoms with Crippen molar-refractivity contribution in [1.82, 2.24) is 15.2 Å². The van der Waals surface area contributed by atoms with Crippen LogP contribution in [0.25, 0.3) is 0 Å². The van der Waals surface area contributed by atoms with Crippen LogP contribution in [0.1, 0.15) is 17.2 Å². The van der Waals surface area contributed by atoms with Gasteiger partial charge in [0.2, 0.25) is 11.8 Å². The zero-order valence-corrected chi connectivity index (χ0v) is 13.0. The van der Waals surface area contributed by atoms with Crippen LogP contribution < -0.4 is 5.32 Å². The second kappa shape index (κ2) is 7.89. The Morgan fingerprint density at radius 3 is 2.61 bits per heavy atom. The number of hydrogen-bond acceptors (Lipinski definition) is 3. The van der Waals surface area contributed by atoms with Gasteiger partial charge in [0.15, 0.2) is 0 Å². The van der Waals surface area contributed by atoms with Crippen LogP contribution in [0.5, 0.6) is 0 Å². The minimum Gasteiger partial charge on any atom is -0.339 e. The second-order valence-electron chi connectivity index (χ2n) is 5.11. The molecule has 2 aromatic rings. The highest BCUT2D eigenvalue weighted by Crippen LogP contribution is 2.16. The number of carbonyl (C=O) groups is 2. The third-order valence-corrected chi connectivity index (χ3v) is 3.37. The molecule has 0 spiro atoms. The Bertz CT molecular complexity index is 671. The van der Waals surface area contributed by atoms with Crippen molar-refractivity contribution in [2.24, 2.45) is 0 Å². The van der Waals surface area contributed by atoms with E-state index < -0.39 is 6.04 Å². The van der Waals surface area contributed by atoms with E-state index in [1.165, 1.54) is 0 Å². The smallest absolute Gasteiger partial charge is 0.249 e. The molecule has 2 rings (SSSR count). The number of amides is 2. The quantitative estimate of drug-likeness (QED) is 0.831. The molecule has 23 heavy (non-hydrogen) atoms. The number of rotatable bonds is 6. The Balaban J connectivity index is 2.18. The molecule has 0 aliphatic rings. The van der Waals surface area contributed by atoms with E-state index in [-0.39, 0.29) is 11.8 Å². The average molecular weight is 309 g/mol. The van der Waals surface area contributed by atoms with Gasteiger partial charge in [-0.1, -0.05) is 43.0 Å². The number of likely N-dealkylation sites (N-methyl/N-ethyl adjacent to an activating group) is 1. The lowest BCUT2D eigenvalue weighted by Gasteiger charge is -2.24. The van der Waals surface area contributed by atoms with E-state index in [0.717, 1.165) is 17.2 Å². The van der Waals surface area contributed by atoms with Crippen molar-refractivity contribution in [3.8, 4) is 0 Å². The monoisotopic (exact) mass is 309 g/mol. The van der Waals surface area contributed by atoms with Crippen LogP contribution in [-0.4, -0.2) is 28.7 Å². The summed E-state index contributed by atoms with van der Waals surface area (Å²) in [5.41, 5.74) is 1.65. The van der Waals surface area contributed by atoms with Gasteiger partial charge in [-0.3, -0.25) is 14.6 Å². The number of nitrogens with zero attached hydrogens (tertiary/aromatic N) is 2. The van der Waals surface area contributed by atoms with Gasteiger partial charge in [0.25, 0.3) is 0 Å². The molecule has 0 saturated carbocycles. The largest absolute Gasteiger partial charge is 0.339 e. The number of aromatic nitrogens is 1. The summed E-state index contributed by atoms with van der Waals surface area (Å²) in [5, 5.41) is 2.69. The molecular formula is C18H19N3O2. The number of pyridine rings is 1. The van der Waals surface area contributed by atoms with Gasteiger partial charge in [0, 0.05) is 26.0 Å². The average Bonchev–Trinajstić information content (AvgIpc) is 2.60. The summed E-state index contributed by atoms with van der Waals surface area (Å²) in [4.78, 5) is 30.0. The molecular weight excluding hydrogens is 290 g/mol. The van der Waals surface area contributed by atoms with Crippen LogP contribution in [0.15, 0.2) is 67.5 Å². The lowest BCUT2D eigenvalue weighted by atomic mass is 10.1. The summed E-state index contributed by atoms with van der Waals surface area (Å²) >= 11 is 0. The highest BCUT2D eigenvalue weighted by atomic mass is 16.2. The van der Waals surface area contributed by atoms with Crippen LogP contribution in [0, 0.1) is 0 Å². The number of nitrogens with one attached hydrogen (secondary N) is 1. The molecule has 0 bridgehead atoms. The van der Waals surface area contributed by atoms with E-state index in [9.17, 15) is 9.59 Å². The third kappa shape index (κ3) is 4.51. The maximum atomic E-state index is 12.8. The Hall–Kier alpha value is -2.95. The van der Waals surface area contributed by atoms with Crippen LogP contribution in [0.3, 0.4) is 0 Å². The fraction of sp³-hybridized carbons (Fsp3) is 0.167. The highest BCUT2D eigenvalue weighted by Gasteiger charge is 2.25. The van der Waals surface area contributed by atoms with E-state index >= 15 is 0 Å². The van der Waals surface area contributed by atoms with Crippen LogP contribution in [0.2, 0.25) is 0 Å². The number of hydrogen-bond donors (Lipinski definition) is 1. The molecule has 0 radical (unpaired) electrons. The van der Waals surface area contributed by atoms with E-state index in [4.69, 9.17) is 0 Å². The summed E-state index contributed by atoms with van der Waals surface area (Å²) in [7, 11) is 1.70. The molecule has 1 heterocycles. The van der Waals surface area contributed by atoms with Gasteiger partial charge in [-0.15, -0.1) is 0 Å². The molecule has 0 saturated heterocycles. The maximum absolute atomic E-state index is 12.8. The van der Waals surface area contributed by atoms with E-state index in [0.29, 0.717) is 6.54 Å². The van der Waals surface area contributed by atoms with Crippen LogP contribution in [-0.2, 0) is 16.1 Å². The first-order valence-electron chi connectivity index (χ1n) is 7.23. The van der Waals surface area contributed by atoms with Gasteiger partial charge in [0.1, 0.15) is 6.04 Å². The third-order valence-electron chi connectivity index (χ3n) is 3.37. The van der Waals surface area contributed by atoms with Crippen molar-refractivity contribution >= 4 is 11.8 Å². The van der Waals surface area contributed by atoms with E-state index in [1.807, 2.05) is 42.5 Å². The van der Waals surface area contributed by atoms with Crippen molar-refractivity contribution in [3.05, 3.63) is 78.6 Å². The summed E-state index contributed by atoms with van der Waals surface area (Å²) in [6, 6.07) is 12.1. The van der Waals surface area contributed by atoms with Gasteiger partial charge >= 0.3 is 0 Å². The Morgan fingerprint density at radius 2 is 2.00 bits per heavy atom. The van der Waals surface area contributed by atoms with Crippen molar-refractivity contribution in [1.29, 1.82) is 0 Å². The summed E-state index contributed by atoms with van der Waals surface area (Å²) < 4.78 is 0. The molecule has 2 amide bonds. The zero-order chi connectivity index (χ0) is 16.7. The molecule has 0 aliphatic heterocycles. The molecule has 1 unspecified atom stereocenters. The molecule has 1 aromatic heterocycles. The lowest BCUT2D eigenvalue weighted by Crippen LogP contribution is -2.40. The summed E-state index contributed by atoms with van der Waals surface area (Å²) in [5.74, 6) is -0.586. The predicted octanol–water partition coefficient (Wildman–Crippen LogP) is 2.08. The molecule has 1 atom stereocenters. The normalized spacial score (nSPS) is 11.3. The minimum absolute atomic E-state index is 0.199. The van der Waals surface area contributed by atoms with Crippen LogP contribution >= 0.6 is 0 Å². The van der Waals surface area contributed by atoms with E-state index in [1.54, 1.807) is 24.3 Å². The Labute approximate surface area is 135 Å². The van der Waals surface area contributed by atoms with Crippen molar-refractivity contribution in [2.45, 2.75) is 12.6 Å². The molecule has 5 heteroatoms. The molecule has 0 fully saturated rings. The van der Waals surface area contributed by atoms with Crippen molar-refractivity contribution in [2.75, 3.05) is 7.05 Å². The Kier molecular flexibility index (Phi) is 5.63. The van der Waals surface area contributed by atoms with Crippen molar-refractivity contribution in [3.63, 3.8) is 0 Å². The van der Waals surface area contributed by atoms with E-state index in [2.05, 4.69) is 16.9 Å². The fourth-order valence-electron chi connectivity index (χ4n) is 2.20. The molecule has 118 valence electrons. The first-order chi connectivity index (χ1) is 11.1. The topological polar surface area (TPSA) is 62.3 Å². The van der Waals surface area contributed by atoms with Gasteiger partial charge in [-0.2, -0.15) is 0 Å². The molecule has 1 aromatic carbocycles. The van der Waals surface area contributed by atoms with Crippen LogP contribution in [0.4, 0.5) is 0 Å². The standard InChI is InChI=1S/C18H19N3O2/c1-3-16(22)20-17(15-9-5-4-6-10-15)18(23)21(2)13-14-8-7-11-19-12-14/h3-12,17H,1,13H2,2H3,(H,20,22). The number of benzene rings is 1. The van der Waals surface area contributed by atoms with Crippen molar-refractivity contribution < 1.29 is 9.59 Å². The lowest BCUT2D eigenvalue weighted by molar-refractivity contribution is -0.135. The van der Waals surface area contributed by atoms with Gasteiger partial charge in [0.05, 0.1) is 0 Å². The molecule has 5 nitrogen and oxygen atoms in total. The number of carbonyl (C=O) groups excluding carboxylic acids is 2. The highest BCUT2D eigenvalue weighted by molar-refractivity contribution is 5.93. The zero-order valence-electron chi connectivity index (χ0n) is 13.0. The second-order valence-corrected chi connectivity index (χ2v) is 5.11. The van der Waals surface area contributed by atoms with Gasteiger partial charge < -0.3 is 10.2 Å². The predicted molar refractivity (Wildman–Crippen MR) is 88.2 cm³/mol. The maximum Gasteiger partial charge on any atom is 0.249 e. The summed E-state index contributed by atoms with van der Waals surface area (Å²) in [6.07, 6.45) is 4.55. The SMILES string of the molecule is C=CC(=O)NC(C(=O)N(C)Cc1cccnc1)c1ccccc1. The minimum atomic E-state index is -0.747. The molecule has 1 N–H and O–H groups in total. The van der Waals surface area contributed by atoms with Gasteiger partial charge in [-0.05, 0) is 23.3 Å². The first-order valence-corrected chi connectivity index (χ1v) is 7.23. The first kappa shape index (κ1) is 16.4. The Morgan fingerprint density at radius 1 is 1.26 bits per heavy atom.